The molecule has 12 heteroatoms. The molecule has 0 radical (unpaired) electrons. The van der Waals surface area contributed by atoms with Gasteiger partial charge in [0, 0.05) is 32.7 Å². The Labute approximate surface area is 193 Å². The van der Waals surface area contributed by atoms with Crippen LogP contribution in [-0.2, 0) is 17.0 Å². The van der Waals surface area contributed by atoms with Crippen LogP contribution in [0, 0.1) is 20.8 Å². The topological polar surface area (TPSA) is 58.6 Å². The van der Waals surface area contributed by atoms with Gasteiger partial charge in [-0.2, -0.15) is 8.42 Å². The van der Waals surface area contributed by atoms with E-state index in [0.717, 1.165) is 6.92 Å². The van der Waals surface area contributed by atoms with Gasteiger partial charge in [0.05, 0.1) is 0 Å². The third-order valence-electron chi connectivity index (χ3n) is 4.50. The number of piperazine rings is 1. The predicted molar refractivity (Wildman–Crippen MR) is 88.2 cm³/mol. The average molecular weight is 422 g/mol. The first-order valence-electron chi connectivity index (χ1n) is 7.81. The van der Waals surface area contributed by atoms with Gasteiger partial charge in [-0.05, 0) is 37.5 Å². The minimum Gasteiger partial charge on any atom is -0.445 e. The Hall–Kier alpha value is 0.311. The number of nitrogens with one attached hydrogen (secondary N) is 1. The third-order valence-corrected chi connectivity index (χ3v) is 4.86. The maximum absolute atomic E-state index is 13.6. The summed E-state index contributed by atoms with van der Waals surface area (Å²) in [4.78, 5) is 1.96. The fourth-order valence-corrected chi connectivity index (χ4v) is 3.76. The normalized spacial score (nSPS) is 16.3. The molecule has 1 aromatic rings. The minimum absolute atomic E-state index is 0. The molecule has 1 N–H and O–H groups in total. The van der Waals surface area contributed by atoms with Crippen LogP contribution in [0.3, 0.4) is 0 Å². The molecule has 0 bridgehead atoms. The fourth-order valence-electron chi connectivity index (χ4n) is 3.31. The molecular formula is C14H20BF4KN2O3S. The Bertz CT molecular complexity index is 769. The molecule has 0 atom stereocenters. The maximum atomic E-state index is 13.6. The van der Waals surface area contributed by atoms with E-state index in [1.54, 1.807) is 0 Å². The van der Waals surface area contributed by atoms with Gasteiger partial charge in [-0.1, -0.05) is 14.9 Å². The molecule has 1 fully saturated rings. The molecule has 0 amide bonds. The standard InChI is InChI=1S/C14H20BF4N2O3S.K/c1-9-12(8-21-6-4-20-5-7-21)10(2)14(24-25(19,22)23)11(3)13(9)15(16,17)18;/h20H,4-8H2,1-3H3;/q-1;+1. The van der Waals surface area contributed by atoms with Crippen molar-refractivity contribution in [2.24, 2.45) is 0 Å². The molecule has 0 aliphatic carbocycles. The predicted octanol–water partition coefficient (Wildman–Crippen LogP) is -1.33. The summed E-state index contributed by atoms with van der Waals surface area (Å²) < 4.78 is 79.7. The van der Waals surface area contributed by atoms with Crippen LogP contribution in [0.25, 0.3) is 0 Å². The first kappa shape index (κ1) is 24.3. The van der Waals surface area contributed by atoms with Crippen LogP contribution in [0.15, 0.2) is 0 Å². The van der Waals surface area contributed by atoms with E-state index in [2.05, 4.69) is 9.50 Å². The smallest absolute Gasteiger partial charge is 0.445 e. The third kappa shape index (κ3) is 5.90. The monoisotopic (exact) mass is 422 g/mol. The molecule has 1 aliphatic rings. The van der Waals surface area contributed by atoms with Gasteiger partial charge in [-0.25, -0.2) is 0 Å². The van der Waals surface area contributed by atoms with Gasteiger partial charge < -0.3 is 22.4 Å². The van der Waals surface area contributed by atoms with Crippen molar-refractivity contribution in [1.29, 1.82) is 0 Å². The zero-order chi connectivity index (χ0) is 19.0. The molecule has 1 aliphatic heterocycles. The van der Waals surface area contributed by atoms with E-state index in [9.17, 15) is 25.3 Å². The van der Waals surface area contributed by atoms with E-state index < -0.39 is 34.3 Å². The summed E-state index contributed by atoms with van der Waals surface area (Å²) in [5.74, 6) is -0.576. The first-order chi connectivity index (χ1) is 11.4. The van der Waals surface area contributed by atoms with Gasteiger partial charge in [-0.15, -0.1) is 0 Å². The number of hydrogen-bond acceptors (Lipinski definition) is 5. The van der Waals surface area contributed by atoms with Crippen molar-refractivity contribution < 1.29 is 80.8 Å². The quantitative estimate of drug-likeness (QED) is 0.362. The van der Waals surface area contributed by atoms with Crippen LogP contribution in [-0.4, -0.2) is 46.5 Å². The second kappa shape index (κ2) is 9.21. The molecular weight excluding hydrogens is 402 g/mol. The molecule has 0 spiro atoms. The molecule has 1 heterocycles. The van der Waals surface area contributed by atoms with Crippen molar-refractivity contribution in [3.8, 4) is 5.75 Å². The maximum Gasteiger partial charge on any atom is 1.00 e. The zero-order valence-electron chi connectivity index (χ0n) is 15.2. The summed E-state index contributed by atoms with van der Waals surface area (Å²) in [5.41, 5.74) is -0.772. The Morgan fingerprint density at radius 3 is 2.08 bits per heavy atom. The van der Waals surface area contributed by atoms with Gasteiger partial charge in [0.15, 0.2) is 0 Å². The molecule has 1 saturated heterocycles. The first-order valence-corrected chi connectivity index (χ1v) is 9.12. The second-order valence-corrected chi connectivity index (χ2v) is 7.13. The van der Waals surface area contributed by atoms with E-state index in [-0.39, 0.29) is 69.1 Å². The van der Waals surface area contributed by atoms with Crippen molar-refractivity contribution >= 4 is 22.9 Å². The van der Waals surface area contributed by atoms with Crippen LogP contribution < -0.4 is 66.3 Å². The Balaban J connectivity index is 0.00000338. The van der Waals surface area contributed by atoms with Crippen molar-refractivity contribution in [2.45, 2.75) is 27.3 Å². The summed E-state index contributed by atoms with van der Waals surface area (Å²) in [6, 6.07) is 0. The van der Waals surface area contributed by atoms with Crippen molar-refractivity contribution in [2.75, 3.05) is 26.2 Å². The second-order valence-electron chi connectivity index (χ2n) is 6.17. The summed E-state index contributed by atoms with van der Waals surface area (Å²) in [7, 11) is -5.43. The van der Waals surface area contributed by atoms with Crippen LogP contribution in [0.1, 0.15) is 22.3 Å². The Morgan fingerprint density at radius 1 is 1.08 bits per heavy atom. The van der Waals surface area contributed by atoms with Gasteiger partial charge in [0.2, 0.25) is 0 Å². The molecule has 0 aromatic heterocycles. The Kier molecular flexibility index (Phi) is 8.62. The van der Waals surface area contributed by atoms with Gasteiger partial charge >= 0.3 is 68.9 Å². The molecule has 0 unspecified atom stereocenters. The van der Waals surface area contributed by atoms with E-state index in [4.69, 9.17) is 0 Å². The number of hydrogen-bond donors (Lipinski definition) is 1. The van der Waals surface area contributed by atoms with Crippen molar-refractivity contribution in [3.05, 3.63) is 22.3 Å². The SMILES string of the molecule is Cc1c(CN2CCNCC2)c(C)c([B-](F)(F)F)c(C)c1OS(=O)(=O)F.[K+]. The average Bonchev–Trinajstić information content (AvgIpc) is 2.47. The number of benzene rings is 1. The zero-order valence-corrected chi connectivity index (χ0v) is 19.1. The molecule has 1 aromatic carbocycles. The van der Waals surface area contributed by atoms with Gasteiger partial charge in [0.1, 0.15) is 5.75 Å². The summed E-state index contributed by atoms with van der Waals surface area (Å²) in [5, 5.41) is 3.14. The Morgan fingerprint density at radius 2 is 1.62 bits per heavy atom. The largest absolute Gasteiger partial charge is 1.00 e. The molecule has 0 saturated carbocycles. The fraction of sp³-hybridized carbons (Fsp3) is 0.571. The molecule has 2 rings (SSSR count). The molecule has 142 valence electrons. The summed E-state index contributed by atoms with van der Waals surface area (Å²) >= 11 is 0. The van der Waals surface area contributed by atoms with E-state index in [0.29, 0.717) is 31.7 Å². The van der Waals surface area contributed by atoms with Gasteiger partial charge in [0.25, 0.3) is 0 Å². The van der Waals surface area contributed by atoms with Gasteiger partial charge in [-0.3, -0.25) is 4.90 Å². The number of halogens is 4. The van der Waals surface area contributed by atoms with Crippen LogP contribution >= 0.6 is 0 Å². The van der Waals surface area contributed by atoms with E-state index >= 15 is 0 Å². The van der Waals surface area contributed by atoms with Crippen LogP contribution in [0.5, 0.6) is 5.75 Å². The van der Waals surface area contributed by atoms with Crippen molar-refractivity contribution in [1.82, 2.24) is 10.2 Å². The number of nitrogens with zero attached hydrogens (tertiary/aromatic N) is 1. The molecule has 26 heavy (non-hydrogen) atoms. The van der Waals surface area contributed by atoms with E-state index in [1.165, 1.54) is 13.8 Å². The summed E-state index contributed by atoms with van der Waals surface area (Å²) in [6.07, 6.45) is 0. The molecule has 5 nitrogen and oxygen atoms in total. The van der Waals surface area contributed by atoms with Crippen LogP contribution in [0.4, 0.5) is 16.8 Å². The summed E-state index contributed by atoms with van der Waals surface area (Å²) in [6.45, 7) is 1.42. The van der Waals surface area contributed by atoms with Crippen LogP contribution in [0.2, 0.25) is 0 Å². The van der Waals surface area contributed by atoms with Crippen molar-refractivity contribution in [3.63, 3.8) is 0 Å². The minimum atomic E-state index is -5.43. The number of rotatable bonds is 5. The van der Waals surface area contributed by atoms with E-state index in [1.807, 2.05) is 4.90 Å².